The number of fused-ring (bicyclic) bond motifs is 3. The Balaban J connectivity index is 1.51. The van der Waals surface area contributed by atoms with E-state index in [0.717, 1.165) is 61.3 Å². The molecule has 4 heterocycles. The number of aryl methyl sites for hydroxylation is 1. The fraction of sp³-hybridized carbons (Fsp3) is 0.419. The normalized spacial score (nSPS) is 14.1. The van der Waals surface area contributed by atoms with Crippen LogP contribution < -0.4 is 14.8 Å². The molecule has 0 spiro atoms. The van der Waals surface area contributed by atoms with Crippen LogP contribution in [0.15, 0.2) is 37.2 Å². The number of methoxy groups -OCH3 is 2. The van der Waals surface area contributed by atoms with E-state index in [0.29, 0.717) is 57.7 Å². The number of carbonyl (C=O) groups excluding carboxylic acids is 1. The van der Waals surface area contributed by atoms with E-state index in [9.17, 15) is 4.79 Å². The first-order valence-electron chi connectivity index (χ1n) is 14.4. The van der Waals surface area contributed by atoms with Crippen LogP contribution in [0.2, 0.25) is 10.0 Å². The highest BCUT2D eigenvalue weighted by atomic mass is 35.5. The second-order valence-corrected chi connectivity index (χ2v) is 11.7. The van der Waals surface area contributed by atoms with Crippen LogP contribution in [0.4, 0.5) is 5.95 Å². The zero-order valence-electron chi connectivity index (χ0n) is 25.0. The highest BCUT2D eigenvalue weighted by Crippen LogP contribution is 2.47. The van der Waals surface area contributed by atoms with E-state index < -0.39 is 0 Å². The van der Waals surface area contributed by atoms with Crippen molar-refractivity contribution in [2.45, 2.75) is 26.7 Å². The molecule has 5 rings (SSSR count). The van der Waals surface area contributed by atoms with Gasteiger partial charge in [-0.25, -0.2) is 9.97 Å². The zero-order chi connectivity index (χ0) is 30.7. The first-order valence-corrected chi connectivity index (χ1v) is 15.1. The van der Waals surface area contributed by atoms with E-state index in [-0.39, 0.29) is 5.91 Å². The van der Waals surface area contributed by atoms with Crippen LogP contribution >= 0.6 is 23.2 Å². The Labute approximate surface area is 261 Å². The number of hydrogen-bond donors (Lipinski definition) is 1. The van der Waals surface area contributed by atoms with Gasteiger partial charge >= 0.3 is 0 Å². The number of aromatic nitrogens is 4. The van der Waals surface area contributed by atoms with E-state index in [1.165, 1.54) is 6.08 Å². The molecule has 12 heteroatoms. The van der Waals surface area contributed by atoms with Crippen LogP contribution in [-0.4, -0.2) is 88.5 Å². The van der Waals surface area contributed by atoms with Crippen molar-refractivity contribution in [3.8, 4) is 22.6 Å². The molecule has 0 saturated carbocycles. The molecule has 1 fully saturated rings. The third-order valence-corrected chi connectivity index (χ3v) is 8.35. The Morgan fingerprint density at radius 3 is 2.40 bits per heavy atom. The van der Waals surface area contributed by atoms with E-state index in [1.807, 2.05) is 21.6 Å². The van der Waals surface area contributed by atoms with Crippen molar-refractivity contribution in [2.75, 3.05) is 58.8 Å². The average molecular weight is 627 g/mol. The molecular formula is C31H37Cl2N7O3. The summed E-state index contributed by atoms with van der Waals surface area (Å²) >= 11 is 13.7. The highest BCUT2D eigenvalue weighted by Gasteiger charge is 2.24. The molecule has 10 nitrogen and oxygen atoms in total. The third-order valence-electron chi connectivity index (χ3n) is 7.60. The summed E-state index contributed by atoms with van der Waals surface area (Å²) in [4.78, 5) is 30.6. The molecule has 3 aromatic heterocycles. The van der Waals surface area contributed by atoms with Gasteiger partial charge in [-0.05, 0) is 37.4 Å². The van der Waals surface area contributed by atoms with Gasteiger partial charge in [-0.3, -0.25) is 14.1 Å². The van der Waals surface area contributed by atoms with Gasteiger partial charge in [0.1, 0.15) is 17.1 Å². The van der Waals surface area contributed by atoms with Crippen molar-refractivity contribution >= 4 is 51.7 Å². The predicted octanol–water partition coefficient (Wildman–Crippen LogP) is 5.60. The van der Waals surface area contributed by atoms with Crippen LogP contribution in [0.3, 0.4) is 0 Å². The monoisotopic (exact) mass is 625 g/mol. The molecule has 1 saturated heterocycles. The topological polar surface area (TPSA) is 97.1 Å². The Morgan fingerprint density at radius 1 is 1.07 bits per heavy atom. The van der Waals surface area contributed by atoms with Crippen molar-refractivity contribution < 1.29 is 14.3 Å². The number of carbonyl (C=O) groups is 1. The summed E-state index contributed by atoms with van der Waals surface area (Å²) in [5.41, 5.74) is 3.61. The molecule has 1 aliphatic rings. The van der Waals surface area contributed by atoms with Gasteiger partial charge in [0, 0.05) is 67.7 Å². The number of rotatable bonds is 11. The number of nitrogens with one attached hydrogen (secondary N) is 1. The average Bonchev–Trinajstić information content (AvgIpc) is 3.45. The Hall–Kier alpha value is -3.60. The number of hydrogen-bond acceptors (Lipinski definition) is 8. The van der Waals surface area contributed by atoms with Crippen molar-refractivity contribution in [3.05, 3.63) is 52.9 Å². The fourth-order valence-electron chi connectivity index (χ4n) is 5.29. The van der Waals surface area contributed by atoms with Crippen molar-refractivity contribution in [1.82, 2.24) is 29.2 Å². The molecule has 0 bridgehead atoms. The minimum atomic E-state index is -0.00684. The number of anilines is 1. The molecular weight excluding hydrogens is 589 g/mol. The quantitative estimate of drug-likeness (QED) is 0.215. The minimum absolute atomic E-state index is 0.00684. The van der Waals surface area contributed by atoms with Gasteiger partial charge < -0.3 is 19.7 Å². The van der Waals surface area contributed by atoms with Gasteiger partial charge in [0.05, 0.1) is 30.0 Å². The number of amides is 1. The molecule has 1 N–H and O–H groups in total. The number of piperazine rings is 1. The molecule has 43 heavy (non-hydrogen) atoms. The summed E-state index contributed by atoms with van der Waals surface area (Å²) in [7, 11) is 3.11. The smallest absolute Gasteiger partial charge is 0.246 e. The number of benzene rings is 1. The standard InChI is InChI=1S/C31H37Cl2N7O3/c1-6-25(41)39-12-10-38(11-13-39)9-7-8-21-18-40-29-20(17-35-31(37-29)34-16-19(2)3)14-22(30(40)36-21)26-27(32)23(42-4)15-24(43-5)28(26)33/h6,14-15,17-19H,1,7-13,16H2,2-5H3,(H,34,35,37). The Bertz CT molecular complexity index is 1620. The maximum Gasteiger partial charge on any atom is 0.246 e. The van der Waals surface area contributed by atoms with Gasteiger partial charge in [0.15, 0.2) is 5.65 Å². The SMILES string of the molecule is C=CC(=O)N1CCN(CCCc2cn3c(n2)c(-c2c(Cl)c(OC)cc(OC)c2Cl)cc2cnc(NCC(C)C)nc23)CC1. The summed E-state index contributed by atoms with van der Waals surface area (Å²) in [6.45, 7) is 12.7. The number of pyridine rings is 1. The fourth-order valence-corrected chi connectivity index (χ4v) is 5.99. The van der Waals surface area contributed by atoms with E-state index in [4.69, 9.17) is 42.6 Å². The Morgan fingerprint density at radius 2 is 1.77 bits per heavy atom. The number of nitrogens with zero attached hydrogens (tertiary/aromatic N) is 6. The van der Waals surface area contributed by atoms with Gasteiger partial charge in [-0.15, -0.1) is 0 Å². The Kier molecular flexibility index (Phi) is 9.59. The minimum Gasteiger partial charge on any atom is -0.495 e. The molecule has 0 unspecified atom stereocenters. The third kappa shape index (κ3) is 6.51. The zero-order valence-corrected chi connectivity index (χ0v) is 26.5. The van der Waals surface area contributed by atoms with Crippen LogP contribution in [0.5, 0.6) is 11.5 Å². The second-order valence-electron chi connectivity index (χ2n) is 11.0. The summed E-state index contributed by atoms with van der Waals surface area (Å²) in [6, 6.07) is 3.63. The van der Waals surface area contributed by atoms with Crippen molar-refractivity contribution in [3.63, 3.8) is 0 Å². The van der Waals surface area contributed by atoms with Crippen molar-refractivity contribution in [2.24, 2.45) is 5.92 Å². The van der Waals surface area contributed by atoms with Gasteiger partial charge in [0.2, 0.25) is 11.9 Å². The molecule has 1 aromatic carbocycles. The highest BCUT2D eigenvalue weighted by molar-refractivity contribution is 6.41. The maximum absolute atomic E-state index is 11.9. The second kappa shape index (κ2) is 13.4. The lowest BCUT2D eigenvalue weighted by molar-refractivity contribution is -0.127. The summed E-state index contributed by atoms with van der Waals surface area (Å²) in [5, 5.41) is 4.86. The van der Waals surface area contributed by atoms with Crippen LogP contribution in [-0.2, 0) is 11.2 Å². The largest absolute Gasteiger partial charge is 0.495 e. The first-order chi connectivity index (χ1) is 20.7. The van der Waals surface area contributed by atoms with Gasteiger partial charge in [-0.1, -0.05) is 43.6 Å². The van der Waals surface area contributed by atoms with E-state index in [2.05, 4.69) is 35.6 Å². The predicted molar refractivity (Wildman–Crippen MR) is 172 cm³/mol. The van der Waals surface area contributed by atoms with E-state index in [1.54, 1.807) is 26.5 Å². The first kappa shape index (κ1) is 30.8. The maximum atomic E-state index is 11.9. The number of halogens is 2. The molecule has 4 aromatic rings. The molecule has 0 radical (unpaired) electrons. The van der Waals surface area contributed by atoms with Crippen LogP contribution in [0, 0.1) is 5.92 Å². The summed E-state index contributed by atoms with van der Waals surface area (Å²) < 4.78 is 13.1. The lowest BCUT2D eigenvalue weighted by Gasteiger charge is -2.34. The summed E-state index contributed by atoms with van der Waals surface area (Å²) in [6.07, 6.45) is 6.88. The molecule has 0 aliphatic carbocycles. The van der Waals surface area contributed by atoms with Gasteiger partial charge in [0.25, 0.3) is 0 Å². The number of imidazole rings is 1. The lowest BCUT2D eigenvalue weighted by Crippen LogP contribution is -2.48. The van der Waals surface area contributed by atoms with Gasteiger partial charge in [-0.2, -0.15) is 4.98 Å². The van der Waals surface area contributed by atoms with Crippen molar-refractivity contribution in [1.29, 1.82) is 0 Å². The van der Waals surface area contributed by atoms with Crippen LogP contribution in [0.1, 0.15) is 26.0 Å². The number of ether oxygens (including phenoxy) is 2. The molecule has 1 aliphatic heterocycles. The molecule has 0 atom stereocenters. The van der Waals surface area contributed by atoms with E-state index >= 15 is 0 Å². The summed E-state index contributed by atoms with van der Waals surface area (Å²) in [5.74, 6) is 1.88. The molecule has 1 amide bonds. The van der Waals surface area contributed by atoms with Crippen LogP contribution in [0.25, 0.3) is 27.8 Å². The lowest BCUT2D eigenvalue weighted by atomic mass is 10.0. The molecule has 228 valence electrons.